The zero-order valence-corrected chi connectivity index (χ0v) is 17.8. The molecule has 0 aliphatic carbocycles. The minimum atomic E-state index is -0.258. The summed E-state index contributed by atoms with van der Waals surface area (Å²) in [6.07, 6.45) is 0. The summed E-state index contributed by atoms with van der Waals surface area (Å²) in [6.45, 7) is 6.41. The lowest BCUT2D eigenvalue weighted by Crippen LogP contribution is -2.48. The first-order valence-corrected chi connectivity index (χ1v) is 10.8. The van der Waals surface area contributed by atoms with Gasteiger partial charge in [0, 0.05) is 49.9 Å². The number of nitrogens with one attached hydrogen (secondary N) is 2. The minimum absolute atomic E-state index is 0.140. The summed E-state index contributed by atoms with van der Waals surface area (Å²) >= 11 is 0. The van der Waals surface area contributed by atoms with Crippen LogP contribution in [0, 0.1) is 5.82 Å². The van der Waals surface area contributed by atoms with E-state index in [1.165, 1.54) is 11.6 Å². The third-order valence-corrected chi connectivity index (χ3v) is 5.62. The smallest absolute Gasteiger partial charge is 0.251 e. The Morgan fingerprint density at radius 3 is 2.71 bits per heavy atom. The van der Waals surface area contributed by atoms with Gasteiger partial charge in [-0.05, 0) is 53.9 Å². The highest BCUT2D eigenvalue weighted by Gasteiger charge is 2.16. The van der Waals surface area contributed by atoms with Crippen molar-refractivity contribution in [1.82, 2.24) is 15.5 Å². The first-order chi connectivity index (χ1) is 15.1. The number of halogens is 1. The Morgan fingerprint density at radius 1 is 1.06 bits per heavy atom. The molecule has 1 fully saturated rings. The van der Waals surface area contributed by atoms with E-state index >= 15 is 0 Å². The van der Waals surface area contributed by atoms with Gasteiger partial charge >= 0.3 is 0 Å². The van der Waals surface area contributed by atoms with Crippen LogP contribution in [0.5, 0.6) is 0 Å². The summed E-state index contributed by atoms with van der Waals surface area (Å²) in [4.78, 5) is 14.7. The summed E-state index contributed by atoms with van der Waals surface area (Å²) in [5, 5.41) is 6.37. The fourth-order valence-electron chi connectivity index (χ4n) is 4.03. The van der Waals surface area contributed by atoms with Crippen molar-refractivity contribution in [3.05, 3.63) is 95.3 Å². The molecule has 1 aliphatic heterocycles. The zero-order chi connectivity index (χ0) is 21.6. The molecule has 3 aromatic carbocycles. The first kappa shape index (κ1) is 21.2. The van der Waals surface area contributed by atoms with Gasteiger partial charge in [-0.3, -0.25) is 9.69 Å². The normalized spacial score (nSPS) is 16.8. The quantitative estimate of drug-likeness (QED) is 0.631. The summed E-state index contributed by atoms with van der Waals surface area (Å²) in [7, 11) is 0. The monoisotopic (exact) mass is 417 g/mol. The van der Waals surface area contributed by atoms with E-state index in [1.54, 1.807) is 18.2 Å². The van der Waals surface area contributed by atoms with Gasteiger partial charge in [0.2, 0.25) is 0 Å². The van der Waals surface area contributed by atoms with Crippen LogP contribution in [0.3, 0.4) is 0 Å². The second-order valence-corrected chi connectivity index (χ2v) is 8.15. The molecule has 0 radical (unpaired) electrons. The Bertz CT molecular complexity index is 1040. The molecule has 2 N–H and O–H groups in total. The molecule has 1 aliphatic rings. The van der Waals surface area contributed by atoms with Gasteiger partial charge in [0.05, 0.1) is 0 Å². The number of benzene rings is 3. The van der Waals surface area contributed by atoms with Gasteiger partial charge in [-0.15, -0.1) is 0 Å². The average molecular weight is 418 g/mol. The summed E-state index contributed by atoms with van der Waals surface area (Å²) < 4.78 is 14.7. The number of carbonyl (C=O) groups is 1. The topological polar surface area (TPSA) is 44.4 Å². The predicted molar refractivity (Wildman–Crippen MR) is 122 cm³/mol. The van der Waals surface area contributed by atoms with Gasteiger partial charge in [0.15, 0.2) is 0 Å². The maximum atomic E-state index is 14.7. The molecule has 0 bridgehead atoms. The fraction of sp³-hybridized carbons (Fsp3) is 0.269. The van der Waals surface area contributed by atoms with Gasteiger partial charge in [-0.1, -0.05) is 42.5 Å². The Kier molecular flexibility index (Phi) is 6.75. The highest BCUT2D eigenvalue weighted by atomic mass is 19.1. The second-order valence-electron chi connectivity index (χ2n) is 8.15. The number of hydrogen-bond acceptors (Lipinski definition) is 3. The molecular weight excluding hydrogens is 389 g/mol. The van der Waals surface area contributed by atoms with Crippen molar-refractivity contribution in [2.45, 2.75) is 26.1 Å². The molecule has 4 nitrogen and oxygen atoms in total. The van der Waals surface area contributed by atoms with Gasteiger partial charge < -0.3 is 10.6 Å². The maximum Gasteiger partial charge on any atom is 0.251 e. The Hall–Kier alpha value is -3.02. The van der Waals surface area contributed by atoms with Crippen LogP contribution in [0.25, 0.3) is 11.1 Å². The molecule has 3 aromatic rings. The number of amides is 1. The van der Waals surface area contributed by atoms with Crippen LogP contribution < -0.4 is 10.6 Å². The lowest BCUT2D eigenvalue weighted by molar-refractivity contribution is 0.0951. The van der Waals surface area contributed by atoms with Crippen molar-refractivity contribution in [1.29, 1.82) is 0 Å². The van der Waals surface area contributed by atoms with E-state index in [1.807, 2.05) is 36.4 Å². The highest BCUT2D eigenvalue weighted by Crippen LogP contribution is 2.25. The molecule has 31 heavy (non-hydrogen) atoms. The average Bonchev–Trinajstić information content (AvgIpc) is 2.79. The van der Waals surface area contributed by atoms with Crippen LogP contribution in [0.15, 0.2) is 72.8 Å². The molecule has 0 aromatic heterocycles. The third-order valence-electron chi connectivity index (χ3n) is 5.62. The largest absolute Gasteiger partial charge is 0.348 e. The van der Waals surface area contributed by atoms with Gasteiger partial charge in [-0.2, -0.15) is 0 Å². The van der Waals surface area contributed by atoms with Crippen LogP contribution in [0.4, 0.5) is 4.39 Å². The van der Waals surface area contributed by atoms with E-state index in [9.17, 15) is 9.18 Å². The van der Waals surface area contributed by atoms with Gasteiger partial charge in [0.1, 0.15) is 5.82 Å². The molecule has 1 amide bonds. The predicted octanol–water partition coefficient (Wildman–Crippen LogP) is 4.22. The SMILES string of the molecule is C[C@H]1CN(Cc2cccc(-c3cc(CNC(=O)c4ccccc4)ccc3F)c2)CCN1. The number of rotatable bonds is 6. The molecule has 160 valence electrons. The van der Waals surface area contributed by atoms with E-state index in [4.69, 9.17) is 0 Å². The molecule has 5 heteroatoms. The number of nitrogens with zero attached hydrogens (tertiary/aromatic N) is 1. The molecule has 0 unspecified atom stereocenters. The zero-order valence-electron chi connectivity index (χ0n) is 17.8. The number of carbonyl (C=O) groups excluding carboxylic acids is 1. The van der Waals surface area contributed by atoms with Gasteiger partial charge in [0.25, 0.3) is 5.91 Å². The van der Waals surface area contributed by atoms with Crippen molar-refractivity contribution in [3.63, 3.8) is 0 Å². The molecule has 1 atom stereocenters. The second kappa shape index (κ2) is 9.86. The standard InChI is InChI=1S/C26H28FN3O/c1-19-17-30(13-12-28-19)18-21-6-5-9-23(14-21)24-15-20(10-11-25(24)27)16-29-26(31)22-7-3-2-4-8-22/h2-11,14-15,19,28H,12-13,16-18H2,1H3,(H,29,31)/t19-/m0/s1. The van der Waals surface area contributed by atoms with Gasteiger partial charge in [-0.25, -0.2) is 4.39 Å². The lowest BCUT2D eigenvalue weighted by atomic mass is 10.00. The highest BCUT2D eigenvalue weighted by molar-refractivity contribution is 5.94. The Balaban J connectivity index is 1.47. The van der Waals surface area contributed by atoms with E-state index in [0.717, 1.165) is 37.3 Å². The third kappa shape index (κ3) is 5.57. The fourth-order valence-corrected chi connectivity index (χ4v) is 4.03. The molecule has 1 heterocycles. The summed E-state index contributed by atoms with van der Waals surface area (Å²) in [6, 6.07) is 22.7. The van der Waals surface area contributed by atoms with Crippen molar-refractivity contribution in [3.8, 4) is 11.1 Å². The number of piperazine rings is 1. The van der Waals surface area contributed by atoms with Crippen LogP contribution in [0.2, 0.25) is 0 Å². The Morgan fingerprint density at radius 2 is 1.90 bits per heavy atom. The van der Waals surface area contributed by atoms with E-state index < -0.39 is 0 Å². The van der Waals surface area contributed by atoms with Crippen LogP contribution in [-0.2, 0) is 13.1 Å². The number of hydrogen-bond donors (Lipinski definition) is 2. The summed E-state index contributed by atoms with van der Waals surface area (Å²) in [5.74, 6) is -0.398. The molecule has 4 rings (SSSR count). The van der Waals surface area contributed by atoms with Crippen LogP contribution in [0.1, 0.15) is 28.4 Å². The first-order valence-electron chi connectivity index (χ1n) is 10.8. The summed E-state index contributed by atoms with van der Waals surface area (Å²) in [5.41, 5.74) is 4.06. The van der Waals surface area contributed by atoms with E-state index in [-0.39, 0.29) is 11.7 Å². The molecule has 0 saturated carbocycles. The van der Waals surface area contributed by atoms with Crippen molar-refractivity contribution in [2.24, 2.45) is 0 Å². The molecule has 0 spiro atoms. The molecular formula is C26H28FN3O. The van der Waals surface area contributed by atoms with Crippen molar-refractivity contribution < 1.29 is 9.18 Å². The van der Waals surface area contributed by atoms with E-state index in [0.29, 0.717) is 23.7 Å². The molecule has 1 saturated heterocycles. The lowest BCUT2D eigenvalue weighted by Gasteiger charge is -2.31. The minimum Gasteiger partial charge on any atom is -0.348 e. The van der Waals surface area contributed by atoms with Crippen molar-refractivity contribution in [2.75, 3.05) is 19.6 Å². The van der Waals surface area contributed by atoms with Crippen LogP contribution in [-0.4, -0.2) is 36.5 Å². The Labute approximate surface area is 183 Å². The van der Waals surface area contributed by atoms with Crippen LogP contribution >= 0.6 is 0 Å². The van der Waals surface area contributed by atoms with E-state index in [2.05, 4.69) is 34.6 Å². The van der Waals surface area contributed by atoms with Crippen molar-refractivity contribution >= 4 is 5.91 Å². The maximum absolute atomic E-state index is 14.7.